The summed E-state index contributed by atoms with van der Waals surface area (Å²) in [5.74, 6) is 1.68. The second kappa shape index (κ2) is 13.0. The first-order chi connectivity index (χ1) is 24.0. The Kier molecular flexibility index (Phi) is 8.19. The summed E-state index contributed by atoms with van der Waals surface area (Å²) in [6, 6.07) is 42.8. The number of carbonyl (C=O) groups excluding carboxylic acids is 1. The minimum absolute atomic E-state index is 0.105. The molecule has 0 atom stereocenters. The minimum Gasteiger partial charge on any atom is -0.456 e. The van der Waals surface area contributed by atoms with Gasteiger partial charge in [-0.3, -0.25) is 0 Å². The number of para-hydroxylation sites is 1. The highest BCUT2D eigenvalue weighted by Gasteiger charge is 2.39. The van der Waals surface area contributed by atoms with Crippen LogP contribution >= 0.6 is 7.92 Å². The van der Waals surface area contributed by atoms with Crippen LogP contribution in [0.4, 0.5) is 5.69 Å². The highest BCUT2D eigenvalue weighted by atomic mass is 31.1. The summed E-state index contributed by atoms with van der Waals surface area (Å²) in [6.45, 7) is 4.52. The van der Waals surface area contributed by atoms with Crippen molar-refractivity contribution in [2.24, 2.45) is 0 Å². The summed E-state index contributed by atoms with van der Waals surface area (Å²) in [6.07, 6.45) is 9.62. The Bertz CT molecular complexity index is 2150. The molecule has 0 bridgehead atoms. The normalized spacial score (nSPS) is 16.0. The van der Waals surface area contributed by atoms with Gasteiger partial charge in [0.25, 0.3) is 0 Å². The highest BCUT2D eigenvalue weighted by Crippen LogP contribution is 2.41. The fourth-order valence-electron chi connectivity index (χ4n) is 7.02. The molecule has 8 rings (SSSR count). The summed E-state index contributed by atoms with van der Waals surface area (Å²) in [5, 5.41) is 3.32. The van der Waals surface area contributed by atoms with Gasteiger partial charge in [-0.15, -0.1) is 0 Å². The standard InChI is InChI=1S/C44H36NO3P/c1-44(2)37-21-10-11-22-38(37)45-41(44)27-25-30-14-13-15-32-28-31-24-26-33(29-39(31)48-42(30)32)47-43(46)36-20-9-12-23-40(36)49(34-16-5-3-6-17-34)35-18-7-4-8-19-35/h3-12,16-29H,13-15H2,1-2H3/p+1/b27-25+. The van der Waals surface area contributed by atoms with Gasteiger partial charge in [0.1, 0.15) is 17.3 Å². The summed E-state index contributed by atoms with van der Waals surface area (Å²) < 4.78 is 12.7. The third-order valence-corrected chi connectivity index (χ3v) is 12.1. The molecule has 0 amide bonds. The molecule has 0 unspecified atom stereocenters. The van der Waals surface area contributed by atoms with Gasteiger partial charge < -0.3 is 9.47 Å². The van der Waals surface area contributed by atoms with Crippen molar-refractivity contribution < 1.29 is 19.3 Å². The molecule has 2 heterocycles. The number of esters is 1. The third-order valence-electron chi connectivity index (χ3n) is 9.60. The number of benzene rings is 5. The molecule has 3 aliphatic rings. The molecule has 4 nitrogen and oxygen atoms in total. The molecule has 0 aromatic heterocycles. The second-order valence-electron chi connectivity index (χ2n) is 13.1. The second-order valence-corrected chi connectivity index (χ2v) is 15.3. The lowest BCUT2D eigenvalue weighted by Crippen LogP contribution is -2.65. The predicted octanol–water partition coefficient (Wildman–Crippen LogP) is 7.58. The van der Waals surface area contributed by atoms with Crippen molar-refractivity contribution >= 4 is 47.3 Å². The van der Waals surface area contributed by atoms with Crippen LogP contribution in [0.2, 0.25) is 0 Å². The molecule has 2 aliphatic heterocycles. The van der Waals surface area contributed by atoms with Gasteiger partial charge in [-0.05, 0) is 98.4 Å². The molecule has 0 saturated carbocycles. The number of ether oxygens (including phenoxy) is 2. The van der Waals surface area contributed by atoms with E-state index in [1.165, 1.54) is 38.7 Å². The van der Waals surface area contributed by atoms with E-state index in [4.69, 9.17) is 9.47 Å². The molecule has 0 spiro atoms. The number of nitrogens with one attached hydrogen (secondary N) is 1. The fraction of sp³-hybridized carbons (Fsp3) is 0.136. The topological polar surface area (TPSA) is 49.5 Å². The maximum absolute atomic E-state index is 13.9. The predicted molar refractivity (Wildman–Crippen MR) is 200 cm³/mol. The monoisotopic (exact) mass is 658 g/mol. The minimum atomic E-state index is -0.975. The smallest absolute Gasteiger partial charge is 0.344 e. The lowest BCUT2D eigenvalue weighted by molar-refractivity contribution is -0.349. The van der Waals surface area contributed by atoms with Crippen molar-refractivity contribution in [1.82, 2.24) is 0 Å². The SMILES string of the molecule is CC1(C)C(/C=C/C2=C3Oc4cc(OC(=O)c5ccccc5P(c5ccccc5)c5ccccc5)ccc4C=C3CCC2)=[NH+]c2ccccc21. The van der Waals surface area contributed by atoms with Gasteiger partial charge in [-0.2, -0.15) is 0 Å². The Morgan fingerprint density at radius 2 is 1.49 bits per heavy atom. The van der Waals surface area contributed by atoms with Crippen molar-refractivity contribution in [3.8, 4) is 11.5 Å². The first-order valence-corrected chi connectivity index (χ1v) is 18.2. The lowest BCUT2D eigenvalue weighted by atomic mass is 9.81. The van der Waals surface area contributed by atoms with Crippen LogP contribution in [0.15, 0.2) is 156 Å². The van der Waals surface area contributed by atoms with Crippen molar-refractivity contribution in [3.63, 3.8) is 0 Å². The first kappa shape index (κ1) is 31.0. The van der Waals surface area contributed by atoms with E-state index in [0.717, 1.165) is 35.9 Å². The zero-order valence-corrected chi connectivity index (χ0v) is 28.5. The Hall–Kier alpha value is -5.31. The number of fused-ring (bicyclic) bond motifs is 3. The molecular weight excluding hydrogens is 621 g/mol. The van der Waals surface area contributed by atoms with E-state index in [2.05, 4.69) is 110 Å². The average Bonchev–Trinajstić information content (AvgIpc) is 3.40. The maximum Gasteiger partial charge on any atom is 0.344 e. The molecule has 5 aromatic rings. The van der Waals surface area contributed by atoms with Crippen LogP contribution in [0.5, 0.6) is 11.5 Å². The number of rotatable bonds is 7. The molecule has 1 aliphatic carbocycles. The summed E-state index contributed by atoms with van der Waals surface area (Å²) in [4.78, 5) is 17.5. The maximum atomic E-state index is 13.9. The summed E-state index contributed by atoms with van der Waals surface area (Å²) >= 11 is 0. The Labute approximate surface area is 288 Å². The molecule has 0 fully saturated rings. The average molecular weight is 659 g/mol. The van der Waals surface area contributed by atoms with Gasteiger partial charge in [0.15, 0.2) is 5.71 Å². The number of hydrogen-bond acceptors (Lipinski definition) is 3. The molecule has 5 heteroatoms. The Balaban J connectivity index is 1.07. The van der Waals surface area contributed by atoms with Gasteiger partial charge in [0.2, 0.25) is 5.69 Å². The van der Waals surface area contributed by atoms with Crippen molar-refractivity contribution in [2.45, 2.75) is 38.5 Å². The van der Waals surface area contributed by atoms with Crippen LogP contribution in [0, 0.1) is 0 Å². The lowest BCUT2D eigenvalue weighted by Gasteiger charge is -2.27. The number of hydrogen-bond donors (Lipinski definition) is 1. The van der Waals surface area contributed by atoms with Crippen LogP contribution in [-0.2, 0) is 5.41 Å². The molecule has 1 N–H and O–H groups in total. The van der Waals surface area contributed by atoms with Gasteiger partial charge in [0.05, 0.1) is 11.0 Å². The van der Waals surface area contributed by atoms with Crippen LogP contribution in [0.3, 0.4) is 0 Å². The van der Waals surface area contributed by atoms with Crippen LogP contribution < -0.4 is 30.4 Å². The van der Waals surface area contributed by atoms with E-state index >= 15 is 0 Å². The van der Waals surface area contributed by atoms with Crippen molar-refractivity contribution in [3.05, 3.63) is 173 Å². The molecule has 49 heavy (non-hydrogen) atoms. The Morgan fingerprint density at radius 1 is 0.796 bits per heavy atom. The van der Waals surface area contributed by atoms with Gasteiger partial charge in [0, 0.05) is 29.3 Å². The van der Waals surface area contributed by atoms with E-state index in [1.807, 2.05) is 54.6 Å². The summed E-state index contributed by atoms with van der Waals surface area (Å²) in [7, 11) is -0.975. The summed E-state index contributed by atoms with van der Waals surface area (Å²) in [5.41, 5.74) is 7.48. The fourth-order valence-corrected chi connectivity index (χ4v) is 9.45. The largest absolute Gasteiger partial charge is 0.456 e. The zero-order valence-electron chi connectivity index (χ0n) is 27.6. The van der Waals surface area contributed by atoms with Gasteiger partial charge >= 0.3 is 5.97 Å². The van der Waals surface area contributed by atoms with E-state index < -0.39 is 7.92 Å². The van der Waals surface area contributed by atoms with E-state index in [-0.39, 0.29) is 11.4 Å². The third kappa shape index (κ3) is 5.98. The molecule has 5 aromatic carbocycles. The molecule has 240 valence electrons. The van der Waals surface area contributed by atoms with Crippen LogP contribution in [0.1, 0.15) is 54.6 Å². The Morgan fingerprint density at radius 3 is 2.24 bits per heavy atom. The number of allylic oxidation sites excluding steroid dienone is 4. The van der Waals surface area contributed by atoms with E-state index in [9.17, 15) is 4.79 Å². The number of carbonyl (C=O) groups is 1. The van der Waals surface area contributed by atoms with E-state index in [0.29, 0.717) is 17.1 Å². The quantitative estimate of drug-likeness (QED) is 0.112. The zero-order chi connectivity index (χ0) is 33.4. The van der Waals surface area contributed by atoms with Gasteiger partial charge in [-0.1, -0.05) is 97.1 Å². The van der Waals surface area contributed by atoms with Gasteiger partial charge in [-0.25, -0.2) is 9.79 Å². The molecule has 0 radical (unpaired) electrons. The molecular formula is C44H37NO3P+. The molecule has 0 saturated heterocycles. The van der Waals surface area contributed by atoms with Crippen molar-refractivity contribution in [2.75, 3.05) is 0 Å². The van der Waals surface area contributed by atoms with Crippen LogP contribution in [0.25, 0.3) is 6.08 Å². The van der Waals surface area contributed by atoms with Crippen LogP contribution in [-0.4, -0.2) is 11.7 Å². The first-order valence-electron chi connectivity index (χ1n) is 16.9. The highest BCUT2D eigenvalue weighted by molar-refractivity contribution is 7.80. The van der Waals surface area contributed by atoms with Crippen molar-refractivity contribution in [1.29, 1.82) is 0 Å². The van der Waals surface area contributed by atoms with E-state index in [1.54, 1.807) is 0 Å².